The summed E-state index contributed by atoms with van der Waals surface area (Å²) in [5, 5.41) is 17.8. The molecule has 0 aliphatic rings. The van der Waals surface area contributed by atoms with Gasteiger partial charge in [-0.2, -0.15) is 5.26 Å². The van der Waals surface area contributed by atoms with E-state index in [2.05, 4.69) is 21.7 Å². The highest BCUT2D eigenvalue weighted by Crippen LogP contribution is 2.38. The van der Waals surface area contributed by atoms with Gasteiger partial charge in [0.25, 0.3) is 0 Å². The third-order valence-corrected chi connectivity index (χ3v) is 6.25. The van der Waals surface area contributed by atoms with Crippen molar-refractivity contribution in [3.63, 3.8) is 0 Å². The van der Waals surface area contributed by atoms with E-state index in [0.29, 0.717) is 11.3 Å². The van der Waals surface area contributed by atoms with Crippen molar-refractivity contribution in [1.29, 1.82) is 5.26 Å². The van der Waals surface area contributed by atoms with Crippen molar-refractivity contribution >= 4 is 28.5 Å². The third kappa shape index (κ3) is 4.41. The van der Waals surface area contributed by atoms with Crippen LogP contribution in [0.1, 0.15) is 17.2 Å². The first-order chi connectivity index (χ1) is 15.2. The number of rotatable bonds is 7. The maximum atomic E-state index is 9.99. The van der Waals surface area contributed by atoms with Crippen molar-refractivity contribution < 1.29 is 4.74 Å². The van der Waals surface area contributed by atoms with E-state index in [1.807, 2.05) is 71.4 Å². The van der Waals surface area contributed by atoms with Crippen LogP contribution in [-0.4, -0.2) is 10.8 Å². The van der Waals surface area contributed by atoms with Crippen LogP contribution in [0.3, 0.4) is 0 Å². The molecular weight excluding hydrogens is 428 g/mol. The fourth-order valence-electron chi connectivity index (χ4n) is 3.06. The molecule has 31 heavy (non-hydrogen) atoms. The van der Waals surface area contributed by atoms with Gasteiger partial charge in [0.05, 0.1) is 10.6 Å². The van der Waals surface area contributed by atoms with Gasteiger partial charge in [0.1, 0.15) is 11.6 Å². The Hall–Kier alpha value is -3.71. The molecule has 3 aromatic heterocycles. The number of nitrogens with zero attached hydrogens (tertiary/aromatic N) is 3. The Morgan fingerprint density at radius 1 is 1.06 bits per heavy atom. The number of hydrazone groups is 1. The molecule has 1 unspecified atom stereocenters. The summed E-state index contributed by atoms with van der Waals surface area (Å²) in [6.07, 6.45) is -0.786. The van der Waals surface area contributed by atoms with Gasteiger partial charge in [0.2, 0.25) is 5.88 Å². The average Bonchev–Trinajstić information content (AvgIpc) is 3.52. The number of ether oxygens (including phenoxy) is 1. The summed E-state index contributed by atoms with van der Waals surface area (Å²) in [4.78, 5) is 6.59. The highest BCUT2D eigenvalue weighted by Gasteiger charge is 2.24. The van der Waals surface area contributed by atoms with Gasteiger partial charge in [-0.3, -0.25) is 0 Å². The molecule has 0 bridgehead atoms. The molecular formula is C22H18N6OS2. The molecule has 0 saturated carbocycles. The Balaban J connectivity index is 1.88. The molecule has 4 aromatic rings. The number of hydrogen-bond acceptors (Lipinski definition) is 8. The van der Waals surface area contributed by atoms with E-state index in [0.717, 1.165) is 20.9 Å². The molecule has 0 fully saturated rings. The van der Waals surface area contributed by atoms with Crippen LogP contribution in [0.2, 0.25) is 0 Å². The maximum absolute atomic E-state index is 9.99. The molecule has 3 heterocycles. The van der Waals surface area contributed by atoms with E-state index in [1.165, 1.54) is 0 Å². The van der Waals surface area contributed by atoms with Gasteiger partial charge in [-0.15, -0.1) is 27.8 Å². The number of hydrogen-bond donors (Lipinski definition) is 3. The first-order valence-corrected chi connectivity index (χ1v) is 11.0. The van der Waals surface area contributed by atoms with E-state index in [9.17, 15) is 5.26 Å². The minimum Gasteiger partial charge on any atom is -0.460 e. The molecule has 0 aliphatic carbocycles. The summed E-state index contributed by atoms with van der Waals surface area (Å²) in [6, 6.07) is 21.4. The molecule has 0 amide bonds. The number of nitriles is 1. The van der Waals surface area contributed by atoms with Crippen LogP contribution in [0.25, 0.3) is 21.0 Å². The summed E-state index contributed by atoms with van der Waals surface area (Å²) in [7, 11) is 0. The Bertz CT molecular complexity index is 1220. The number of nitrogens with two attached hydrogens (primary N) is 2. The maximum Gasteiger partial charge on any atom is 0.234 e. The largest absolute Gasteiger partial charge is 0.460 e. The quantitative estimate of drug-likeness (QED) is 0.169. The Labute approximate surface area is 187 Å². The highest BCUT2D eigenvalue weighted by molar-refractivity contribution is 7.14. The van der Waals surface area contributed by atoms with Crippen molar-refractivity contribution in [3.05, 3.63) is 82.6 Å². The molecule has 9 heteroatoms. The number of nitrogens with one attached hydrogen (secondary N) is 1. The number of hydrazine groups is 1. The van der Waals surface area contributed by atoms with Crippen LogP contribution in [0.4, 0.5) is 0 Å². The van der Waals surface area contributed by atoms with Crippen LogP contribution in [-0.2, 0) is 0 Å². The molecule has 154 valence electrons. The second-order valence-corrected chi connectivity index (χ2v) is 8.27. The first kappa shape index (κ1) is 20.6. The molecule has 1 atom stereocenters. The van der Waals surface area contributed by atoms with Crippen molar-refractivity contribution in [1.82, 2.24) is 10.5 Å². The molecule has 5 N–H and O–H groups in total. The minimum absolute atomic E-state index is 0.110. The summed E-state index contributed by atoms with van der Waals surface area (Å²) in [5.74, 6) is 5.62. The predicted molar refractivity (Wildman–Crippen MR) is 124 cm³/mol. The number of benzene rings is 1. The first-order valence-electron chi connectivity index (χ1n) is 9.24. The van der Waals surface area contributed by atoms with Crippen LogP contribution in [0, 0.1) is 11.3 Å². The van der Waals surface area contributed by atoms with Crippen molar-refractivity contribution in [3.8, 4) is 33.0 Å². The zero-order valence-corrected chi connectivity index (χ0v) is 17.9. The van der Waals surface area contributed by atoms with E-state index >= 15 is 0 Å². The van der Waals surface area contributed by atoms with E-state index in [-0.39, 0.29) is 11.7 Å². The lowest BCUT2D eigenvalue weighted by atomic mass is 10.1. The van der Waals surface area contributed by atoms with E-state index in [1.54, 1.807) is 22.7 Å². The van der Waals surface area contributed by atoms with Gasteiger partial charge >= 0.3 is 0 Å². The predicted octanol–water partition coefficient (Wildman–Crippen LogP) is 4.27. The summed E-state index contributed by atoms with van der Waals surface area (Å²) in [5.41, 5.74) is 10.9. The number of pyridine rings is 1. The monoisotopic (exact) mass is 446 g/mol. The molecule has 0 spiro atoms. The van der Waals surface area contributed by atoms with Gasteiger partial charge in [-0.1, -0.05) is 42.5 Å². The summed E-state index contributed by atoms with van der Waals surface area (Å²) >= 11 is 3.11. The molecule has 0 saturated heterocycles. The summed E-state index contributed by atoms with van der Waals surface area (Å²) in [6.45, 7) is 0. The average molecular weight is 447 g/mol. The number of amidine groups is 1. The van der Waals surface area contributed by atoms with Gasteiger partial charge in [0, 0.05) is 16.0 Å². The fraction of sp³-hybridized carbons (Fsp3) is 0.0455. The van der Waals surface area contributed by atoms with Crippen molar-refractivity contribution in [2.75, 3.05) is 0 Å². The summed E-state index contributed by atoms with van der Waals surface area (Å²) < 4.78 is 6.24. The normalized spacial score (nSPS) is 12.2. The van der Waals surface area contributed by atoms with Crippen LogP contribution >= 0.6 is 22.7 Å². The van der Waals surface area contributed by atoms with Crippen molar-refractivity contribution in [2.45, 2.75) is 6.10 Å². The fourth-order valence-corrected chi connectivity index (χ4v) is 4.50. The third-order valence-electron chi connectivity index (χ3n) is 4.45. The zero-order valence-electron chi connectivity index (χ0n) is 16.2. The lowest BCUT2D eigenvalue weighted by molar-refractivity contribution is 0.259. The number of aromatic nitrogens is 1. The molecule has 0 radical (unpaired) electrons. The Morgan fingerprint density at radius 3 is 2.39 bits per heavy atom. The smallest absolute Gasteiger partial charge is 0.234 e. The zero-order chi connectivity index (χ0) is 21.6. The second kappa shape index (κ2) is 9.40. The van der Waals surface area contributed by atoms with Gasteiger partial charge in [-0.25, -0.2) is 16.4 Å². The minimum atomic E-state index is -0.786. The Morgan fingerprint density at radius 2 is 1.77 bits per heavy atom. The molecule has 7 nitrogen and oxygen atoms in total. The lowest BCUT2D eigenvalue weighted by Crippen LogP contribution is -2.31. The highest BCUT2D eigenvalue weighted by atomic mass is 32.1. The van der Waals surface area contributed by atoms with Gasteiger partial charge in [0.15, 0.2) is 11.9 Å². The Kier molecular flexibility index (Phi) is 6.24. The van der Waals surface area contributed by atoms with Gasteiger partial charge in [-0.05, 0) is 29.0 Å². The molecule has 1 aromatic carbocycles. The molecule has 0 aliphatic heterocycles. The SMILES string of the molecule is N#Cc1c(-c2cccs2)cc(-c2cccs2)nc1OC(/C(N)=N/NN)c1ccccc1. The second-order valence-electron chi connectivity index (χ2n) is 6.38. The van der Waals surface area contributed by atoms with Gasteiger partial charge < -0.3 is 10.5 Å². The lowest BCUT2D eigenvalue weighted by Gasteiger charge is -2.20. The standard InChI is InChI=1S/C22H18N6OS2/c23-13-16-15(18-8-4-10-30-18)12-17(19-9-5-11-31-19)26-22(16)29-20(21(24)27-28-25)14-6-2-1-3-7-14/h1-12,20,28H,25H2,(H2,24,27). The molecule has 4 rings (SSSR count). The topological polar surface area (TPSA) is 122 Å². The van der Waals surface area contributed by atoms with Crippen LogP contribution in [0.5, 0.6) is 5.88 Å². The van der Waals surface area contributed by atoms with E-state index < -0.39 is 6.10 Å². The van der Waals surface area contributed by atoms with Crippen molar-refractivity contribution in [2.24, 2.45) is 16.7 Å². The van der Waals surface area contributed by atoms with E-state index in [4.69, 9.17) is 16.3 Å². The van der Waals surface area contributed by atoms with Crippen LogP contribution in [0.15, 0.2) is 76.5 Å². The van der Waals surface area contributed by atoms with Crippen LogP contribution < -0.4 is 21.8 Å². The number of thiophene rings is 2.